The van der Waals surface area contributed by atoms with Crippen LogP contribution in [0.4, 0.5) is 0 Å². The summed E-state index contributed by atoms with van der Waals surface area (Å²) in [4.78, 5) is 20.5. The summed E-state index contributed by atoms with van der Waals surface area (Å²) in [7, 11) is 0. The Kier molecular flexibility index (Phi) is 4.59. The Labute approximate surface area is 80.6 Å². The number of hydrogen-bond donors (Lipinski definition) is 0. The molecular formula is C6H9MgNO3+2. The monoisotopic (exact) mass is 167 g/mol. The number of rotatable bonds is 1. The molecule has 1 fully saturated rings. The molecule has 0 radical (unpaired) electrons. The van der Waals surface area contributed by atoms with E-state index in [1.165, 1.54) is 0 Å². The van der Waals surface area contributed by atoms with Gasteiger partial charge in [-0.1, -0.05) is 0 Å². The Morgan fingerprint density at radius 3 is 2.45 bits per heavy atom. The van der Waals surface area contributed by atoms with Crippen LogP contribution in [0.15, 0.2) is 0 Å². The Balaban J connectivity index is 0.000001000. The molecule has 0 amide bonds. The van der Waals surface area contributed by atoms with Crippen LogP contribution in [0, 0.1) is 10.1 Å². The maximum atomic E-state index is 10.8. The van der Waals surface area contributed by atoms with Crippen molar-refractivity contribution in [2.24, 2.45) is 0 Å². The summed E-state index contributed by atoms with van der Waals surface area (Å²) < 4.78 is 0. The van der Waals surface area contributed by atoms with E-state index in [1.54, 1.807) is 0 Å². The number of nitro groups is 1. The van der Waals surface area contributed by atoms with Crippen molar-refractivity contribution in [1.29, 1.82) is 0 Å². The molecule has 5 heteroatoms. The van der Waals surface area contributed by atoms with Gasteiger partial charge in [0.15, 0.2) is 0 Å². The average Bonchev–Trinajstić information content (AvgIpc) is 1.88. The van der Waals surface area contributed by atoms with Crippen LogP contribution >= 0.6 is 0 Å². The van der Waals surface area contributed by atoms with Crippen molar-refractivity contribution in [3.8, 4) is 0 Å². The molecule has 0 aliphatic heterocycles. The molecule has 0 aromatic heterocycles. The number of Topliss-reactive ketones (excluding diaryl/α,β-unsaturated/α-hetero) is 1. The third-order valence-electron chi connectivity index (χ3n) is 1.78. The van der Waals surface area contributed by atoms with Gasteiger partial charge in [0.25, 0.3) is 6.04 Å². The molecule has 1 aliphatic carbocycles. The van der Waals surface area contributed by atoms with Crippen molar-refractivity contribution in [3.05, 3.63) is 10.1 Å². The van der Waals surface area contributed by atoms with Gasteiger partial charge in [-0.25, -0.2) is 0 Å². The molecule has 1 atom stereocenters. The van der Waals surface area contributed by atoms with Gasteiger partial charge in [-0.05, 0) is 12.8 Å². The second kappa shape index (κ2) is 4.66. The number of carbonyl (C=O) groups excluding carboxylic acids is 1. The topological polar surface area (TPSA) is 60.2 Å². The molecule has 0 aromatic carbocycles. The van der Waals surface area contributed by atoms with Crippen LogP contribution in [0.1, 0.15) is 25.7 Å². The largest absolute Gasteiger partial charge is 2.00 e. The normalized spacial score (nSPS) is 24.0. The summed E-state index contributed by atoms with van der Waals surface area (Å²) in [5.74, 6) is -0.198. The third kappa shape index (κ3) is 2.74. The molecule has 4 nitrogen and oxygen atoms in total. The van der Waals surface area contributed by atoms with Crippen molar-refractivity contribution < 1.29 is 9.72 Å². The van der Waals surface area contributed by atoms with Crippen molar-refractivity contribution in [2.45, 2.75) is 31.7 Å². The molecule has 0 bridgehead atoms. The maximum Gasteiger partial charge on any atom is 2.00 e. The number of nitrogens with zero attached hydrogens (tertiary/aromatic N) is 1. The standard InChI is InChI=1S/C6H9NO3.Mg/c8-6-4-2-1-3-5(6)7(9)10;/h5H,1-4H2;/q;+2. The molecular weight excluding hydrogens is 158 g/mol. The number of carbonyl (C=O) groups is 1. The fourth-order valence-electron chi connectivity index (χ4n) is 1.19. The van der Waals surface area contributed by atoms with Crippen molar-refractivity contribution in [3.63, 3.8) is 0 Å². The fourth-order valence-corrected chi connectivity index (χ4v) is 1.19. The van der Waals surface area contributed by atoms with Crippen LogP contribution in [-0.4, -0.2) is 39.8 Å². The van der Waals surface area contributed by atoms with Crippen LogP contribution in [0.5, 0.6) is 0 Å². The molecule has 11 heavy (non-hydrogen) atoms. The van der Waals surface area contributed by atoms with Crippen LogP contribution in [-0.2, 0) is 4.79 Å². The van der Waals surface area contributed by atoms with Gasteiger partial charge >= 0.3 is 23.1 Å². The number of ketones is 1. The van der Waals surface area contributed by atoms with Crippen LogP contribution in [0.2, 0.25) is 0 Å². The van der Waals surface area contributed by atoms with Gasteiger partial charge in [0, 0.05) is 17.8 Å². The molecule has 1 rings (SSSR count). The van der Waals surface area contributed by atoms with Crippen molar-refractivity contribution >= 4 is 28.8 Å². The second-order valence-electron chi connectivity index (χ2n) is 2.51. The van der Waals surface area contributed by atoms with Gasteiger partial charge in [-0.15, -0.1) is 0 Å². The summed E-state index contributed by atoms with van der Waals surface area (Å²) in [5, 5.41) is 10.1. The molecule has 1 aliphatic rings. The van der Waals surface area contributed by atoms with E-state index in [-0.39, 0.29) is 28.8 Å². The Hall–Kier alpha value is -0.164. The van der Waals surface area contributed by atoms with Crippen LogP contribution in [0.25, 0.3) is 0 Å². The van der Waals surface area contributed by atoms with Gasteiger partial charge in [-0.2, -0.15) is 0 Å². The van der Waals surface area contributed by atoms with Crippen LogP contribution in [0.3, 0.4) is 0 Å². The van der Waals surface area contributed by atoms with E-state index >= 15 is 0 Å². The molecule has 1 saturated carbocycles. The minimum absolute atomic E-state index is 0. The van der Waals surface area contributed by atoms with Gasteiger partial charge in [-0.3, -0.25) is 14.9 Å². The quantitative estimate of drug-likeness (QED) is 0.323. The average molecular weight is 167 g/mol. The van der Waals surface area contributed by atoms with Crippen LogP contribution < -0.4 is 0 Å². The second-order valence-corrected chi connectivity index (χ2v) is 2.51. The predicted octanol–water partition coefficient (Wildman–Crippen LogP) is 0.394. The third-order valence-corrected chi connectivity index (χ3v) is 1.78. The first-order valence-electron chi connectivity index (χ1n) is 3.38. The van der Waals surface area contributed by atoms with Crippen molar-refractivity contribution in [2.75, 3.05) is 0 Å². The molecule has 0 N–H and O–H groups in total. The molecule has 0 aromatic rings. The Morgan fingerprint density at radius 1 is 1.45 bits per heavy atom. The zero-order valence-electron chi connectivity index (χ0n) is 6.28. The Bertz CT molecular complexity index is 171. The molecule has 0 saturated heterocycles. The van der Waals surface area contributed by atoms with Gasteiger partial charge < -0.3 is 0 Å². The summed E-state index contributed by atoms with van der Waals surface area (Å²) in [6, 6.07) is -0.895. The van der Waals surface area contributed by atoms with E-state index < -0.39 is 11.0 Å². The van der Waals surface area contributed by atoms with E-state index in [2.05, 4.69) is 0 Å². The molecule has 56 valence electrons. The molecule has 0 heterocycles. The Morgan fingerprint density at radius 2 is 2.09 bits per heavy atom. The van der Waals surface area contributed by atoms with Crippen molar-refractivity contribution in [1.82, 2.24) is 0 Å². The van der Waals surface area contributed by atoms with E-state index in [9.17, 15) is 14.9 Å². The first kappa shape index (κ1) is 10.8. The van der Waals surface area contributed by atoms with Gasteiger partial charge in [0.2, 0.25) is 5.78 Å². The smallest absolute Gasteiger partial charge is 0.292 e. The summed E-state index contributed by atoms with van der Waals surface area (Å²) in [6.07, 6.45) is 2.47. The summed E-state index contributed by atoms with van der Waals surface area (Å²) in [6.45, 7) is 0. The fraction of sp³-hybridized carbons (Fsp3) is 0.833. The maximum absolute atomic E-state index is 10.8. The van der Waals surface area contributed by atoms with E-state index in [0.717, 1.165) is 12.8 Å². The SMILES string of the molecule is O=C1CCCCC1[N+](=O)[O-].[Mg+2]. The van der Waals surface area contributed by atoms with Gasteiger partial charge in [0.1, 0.15) is 0 Å². The first-order valence-corrected chi connectivity index (χ1v) is 3.38. The predicted molar refractivity (Wildman–Crippen MR) is 40.0 cm³/mol. The minimum Gasteiger partial charge on any atom is -0.292 e. The van der Waals surface area contributed by atoms with Gasteiger partial charge in [0.05, 0.1) is 0 Å². The summed E-state index contributed by atoms with van der Waals surface area (Å²) in [5.41, 5.74) is 0. The minimum atomic E-state index is -0.895. The summed E-state index contributed by atoms with van der Waals surface area (Å²) >= 11 is 0. The van der Waals surface area contributed by atoms with E-state index in [1.807, 2.05) is 0 Å². The van der Waals surface area contributed by atoms with E-state index in [0.29, 0.717) is 12.8 Å². The van der Waals surface area contributed by atoms with E-state index in [4.69, 9.17) is 0 Å². The number of hydrogen-bond acceptors (Lipinski definition) is 3. The zero-order valence-corrected chi connectivity index (χ0v) is 7.70. The molecule has 0 spiro atoms. The first-order chi connectivity index (χ1) is 4.72. The molecule has 1 unspecified atom stereocenters. The zero-order chi connectivity index (χ0) is 7.56.